The Morgan fingerprint density at radius 3 is 2.55 bits per heavy atom. The van der Waals surface area contributed by atoms with Crippen molar-refractivity contribution in [2.45, 2.75) is 67.9 Å². The number of thioether (sulfide) groups is 1. The van der Waals surface area contributed by atoms with Crippen LogP contribution in [0.5, 0.6) is 0 Å². The predicted molar refractivity (Wildman–Crippen MR) is 162 cm³/mol. The SMILES string of the molecule is C=CCN(CCC)C(=O)[C@@H]1[C@H]2C(=O)N(CCCCCCO)C(C(=O)N(CC=C)c3ccccc3Cl)C23CC[C@H]1S3. The Bertz CT molecular complexity index is 1120. The average molecular weight is 588 g/mol. The number of halogens is 1. The van der Waals surface area contributed by atoms with Crippen LogP contribution < -0.4 is 4.90 Å². The van der Waals surface area contributed by atoms with Gasteiger partial charge in [0.2, 0.25) is 11.8 Å². The molecule has 9 heteroatoms. The molecule has 3 saturated heterocycles. The first-order valence-electron chi connectivity index (χ1n) is 14.5. The summed E-state index contributed by atoms with van der Waals surface area (Å²) >= 11 is 8.25. The third kappa shape index (κ3) is 5.59. The van der Waals surface area contributed by atoms with E-state index in [0.717, 1.165) is 38.5 Å². The van der Waals surface area contributed by atoms with E-state index in [9.17, 15) is 19.5 Å². The van der Waals surface area contributed by atoms with E-state index in [1.165, 1.54) is 0 Å². The van der Waals surface area contributed by atoms with Crippen molar-refractivity contribution in [1.29, 1.82) is 0 Å². The molecular weight excluding hydrogens is 546 g/mol. The highest BCUT2D eigenvalue weighted by atomic mass is 35.5. The Labute approximate surface area is 247 Å². The first-order chi connectivity index (χ1) is 19.4. The lowest BCUT2D eigenvalue weighted by atomic mass is 9.70. The number of likely N-dealkylation sites (tertiary alicyclic amines) is 1. The van der Waals surface area contributed by atoms with Gasteiger partial charge in [0, 0.05) is 38.0 Å². The molecule has 3 fully saturated rings. The minimum absolute atomic E-state index is 0.00391. The van der Waals surface area contributed by atoms with Crippen molar-refractivity contribution in [3.8, 4) is 0 Å². The molecule has 5 atom stereocenters. The molecule has 2 unspecified atom stereocenters. The van der Waals surface area contributed by atoms with E-state index in [0.29, 0.717) is 36.8 Å². The van der Waals surface area contributed by atoms with Gasteiger partial charge in [-0.25, -0.2) is 0 Å². The van der Waals surface area contributed by atoms with Crippen molar-refractivity contribution in [2.75, 3.05) is 37.7 Å². The van der Waals surface area contributed by atoms with Crippen molar-refractivity contribution < 1.29 is 19.5 Å². The second kappa shape index (κ2) is 13.6. The van der Waals surface area contributed by atoms with Crippen LogP contribution in [0, 0.1) is 11.8 Å². The fourth-order valence-corrected chi connectivity index (χ4v) is 9.33. The first-order valence-corrected chi connectivity index (χ1v) is 15.8. The first kappa shape index (κ1) is 30.7. The molecule has 0 aliphatic carbocycles. The number of amides is 3. The highest BCUT2D eigenvalue weighted by molar-refractivity contribution is 8.02. The highest BCUT2D eigenvalue weighted by Gasteiger charge is 2.74. The Balaban J connectivity index is 1.72. The molecule has 1 aromatic rings. The number of hydrogen-bond acceptors (Lipinski definition) is 5. The molecule has 4 rings (SSSR count). The summed E-state index contributed by atoms with van der Waals surface area (Å²) in [5.41, 5.74) is 0.592. The van der Waals surface area contributed by atoms with E-state index in [2.05, 4.69) is 13.2 Å². The van der Waals surface area contributed by atoms with Gasteiger partial charge in [0.1, 0.15) is 6.04 Å². The summed E-state index contributed by atoms with van der Waals surface area (Å²) in [7, 11) is 0. The van der Waals surface area contributed by atoms with Gasteiger partial charge in [-0.1, -0.05) is 55.7 Å². The second-order valence-electron chi connectivity index (χ2n) is 11.0. The molecule has 40 heavy (non-hydrogen) atoms. The van der Waals surface area contributed by atoms with Gasteiger partial charge in [-0.3, -0.25) is 14.4 Å². The third-order valence-corrected chi connectivity index (χ3v) is 10.8. The number of carbonyl (C=O) groups excluding carboxylic acids is 3. The van der Waals surface area contributed by atoms with Gasteiger partial charge in [0.15, 0.2) is 0 Å². The van der Waals surface area contributed by atoms with E-state index < -0.39 is 22.6 Å². The molecule has 7 nitrogen and oxygen atoms in total. The van der Waals surface area contributed by atoms with Gasteiger partial charge < -0.3 is 19.8 Å². The van der Waals surface area contributed by atoms with Gasteiger partial charge in [-0.05, 0) is 44.2 Å². The number of aliphatic hydroxyl groups is 1. The minimum atomic E-state index is -0.689. The van der Waals surface area contributed by atoms with Crippen LogP contribution in [-0.2, 0) is 14.4 Å². The molecule has 1 N–H and O–H groups in total. The van der Waals surface area contributed by atoms with E-state index >= 15 is 0 Å². The lowest BCUT2D eigenvalue weighted by molar-refractivity contribution is -0.143. The number of unbranched alkanes of at least 4 members (excludes halogenated alkanes) is 3. The molecule has 0 radical (unpaired) electrons. The van der Waals surface area contributed by atoms with Crippen molar-refractivity contribution >= 4 is 46.8 Å². The number of aliphatic hydroxyl groups excluding tert-OH is 1. The summed E-state index contributed by atoms with van der Waals surface area (Å²) < 4.78 is -0.656. The molecule has 0 saturated carbocycles. The summed E-state index contributed by atoms with van der Waals surface area (Å²) in [5.74, 6) is -1.22. The molecule has 218 valence electrons. The number of para-hydroxylation sites is 1. The van der Waals surface area contributed by atoms with E-state index in [4.69, 9.17) is 11.6 Å². The quantitative estimate of drug-likeness (QED) is 0.232. The van der Waals surface area contributed by atoms with Crippen molar-refractivity contribution in [3.05, 3.63) is 54.6 Å². The normalized spacial score (nSPS) is 26.6. The van der Waals surface area contributed by atoms with Crippen LogP contribution in [0.15, 0.2) is 49.6 Å². The maximum Gasteiger partial charge on any atom is 0.251 e. The molecule has 3 amide bonds. The van der Waals surface area contributed by atoms with Crippen LogP contribution in [0.4, 0.5) is 5.69 Å². The van der Waals surface area contributed by atoms with E-state index in [1.807, 2.05) is 30.0 Å². The number of rotatable bonds is 15. The average Bonchev–Trinajstić information content (AvgIpc) is 3.59. The largest absolute Gasteiger partial charge is 0.396 e. The monoisotopic (exact) mass is 587 g/mol. The van der Waals surface area contributed by atoms with Crippen LogP contribution in [0.3, 0.4) is 0 Å². The number of benzene rings is 1. The summed E-state index contributed by atoms with van der Waals surface area (Å²) in [6.45, 7) is 11.7. The lowest BCUT2D eigenvalue weighted by Crippen LogP contribution is -2.55. The number of hydrogen-bond donors (Lipinski definition) is 1. The fraction of sp³-hybridized carbons (Fsp3) is 0.581. The summed E-state index contributed by atoms with van der Waals surface area (Å²) in [6.07, 6.45) is 8.93. The van der Waals surface area contributed by atoms with E-state index in [1.54, 1.807) is 39.8 Å². The zero-order chi connectivity index (χ0) is 28.9. The van der Waals surface area contributed by atoms with Gasteiger partial charge >= 0.3 is 0 Å². The van der Waals surface area contributed by atoms with Crippen LogP contribution in [0.1, 0.15) is 51.9 Å². The summed E-state index contributed by atoms with van der Waals surface area (Å²) in [4.78, 5) is 48.1. The molecular formula is C31H42ClN3O4S. The molecule has 1 aromatic carbocycles. The number of carbonyl (C=O) groups is 3. The zero-order valence-corrected chi connectivity index (χ0v) is 25.0. The Morgan fingerprint density at radius 2 is 1.88 bits per heavy atom. The van der Waals surface area contributed by atoms with Crippen LogP contribution in [0.25, 0.3) is 0 Å². The molecule has 0 aromatic heterocycles. The summed E-state index contributed by atoms with van der Waals surface area (Å²) in [5, 5.41) is 9.66. The van der Waals surface area contributed by atoms with Crippen molar-refractivity contribution in [2.24, 2.45) is 11.8 Å². The van der Waals surface area contributed by atoms with Crippen LogP contribution in [0.2, 0.25) is 5.02 Å². The maximum absolute atomic E-state index is 14.6. The summed E-state index contributed by atoms with van der Waals surface area (Å²) in [6, 6.07) is 6.55. The number of fused-ring (bicyclic) bond motifs is 1. The third-order valence-electron chi connectivity index (χ3n) is 8.50. The Morgan fingerprint density at radius 1 is 1.15 bits per heavy atom. The molecule has 2 bridgehead atoms. The molecule has 3 aliphatic heterocycles. The molecule has 3 aliphatic rings. The van der Waals surface area contributed by atoms with Gasteiger partial charge in [0.25, 0.3) is 5.91 Å². The minimum Gasteiger partial charge on any atom is -0.396 e. The lowest BCUT2D eigenvalue weighted by Gasteiger charge is -2.37. The maximum atomic E-state index is 14.6. The van der Waals surface area contributed by atoms with Crippen molar-refractivity contribution in [1.82, 2.24) is 9.80 Å². The fourth-order valence-electron chi connectivity index (χ4n) is 6.88. The Kier molecular flexibility index (Phi) is 10.4. The highest BCUT2D eigenvalue weighted by Crippen LogP contribution is 2.66. The number of nitrogens with zero attached hydrogens (tertiary/aromatic N) is 3. The van der Waals surface area contributed by atoms with Crippen LogP contribution >= 0.6 is 23.4 Å². The smallest absolute Gasteiger partial charge is 0.251 e. The predicted octanol–water partition coefficient (Wildman–Crippen LogP) is 4.93. The van der Waals surface area contributed by atoms with Gasteiger partial charge in [0.05, 0.1) is 27.3 Å². The van der Waals surface area contributed by atoms with Crippen LogP contribution in [-0.4, -0.2) is 81.5 Å². The molecule has 3 heterocycles. The van der Waals surface area contributed by atoms with Gasteiger partial charge in [-0.15, -0.1) is 24.9 Å². The standard InChI is InChI=1S/C31H42ClN3O4S/c1-4-17-33(18-5-2)28(37)25-24-15-16-31(40-24)26(25)29(38)35(20-11-7-8-12-21-36)27(31)30(39)34(19-6-3)23-14-10-9-13-22(23)32/h4,6,9-10,13-14,24-27,36H,1,3,5,7-8,11-12,15-21H2,2H3/t24-,25+,26+,27?,31?/m1/s1. The topological polar surface area (TPSA) is 81.2 Å². The van der Waals surface area contributed by atoms with Crippen molar-refractivity contribution in [3.63, 3.8) is 0 Å². The van der Waals surface area contributed by atoms with E-state index in [-0.39, 0.29) is 36.1 Å². The zero-order valence-electron chi connectivity index (χ0n) is 23.5. The Hall–Kier alpha value is -2.29. The molecule has 1 spiro atoms. The van der Waals surface area contributed by atoms with Gasteiger partial charge in [-0.2, -0.15) is 0 Å². The number of anilines is 1. The second-order valence-corrected chi connectivity index (χ2v) is 13.0.